The molecule has 2 N–H and O–H groups in total. The zero-order valence-corrected chi connectivity index (χ0v) is 11.9. The van der Waals surface area contributed by atoms with E-state index >= 15 is 0 Å². The van der Waals surface area contributed by atoms with E-state index in [0.29, 0.717) is 24.4 Å². The molecule has 0 aromatic carbocycles. The predicted molar refractivity (Wildman–Crippen MR) is 75.9 cm³/mol. The molecule has 19 heavy (non-hydrogen) atoms. The number of aromatic nitrogens is 1. The Morgan fingerprint density at radius 1 is 1.47 bits per heavy atom. The summed E-state index contributed by atoms with van der Waals surface area (Å²) in [6, 6.07) is 1.84. The van der Waals surface area contributed by atoms with E-state index in [1.165, 1.54) is 6.20 Å². The van der Waals surface area contributed by atoms with Crippen molar-refractivity contribution in [3.63, 3.8) is 0 Å². The van der Waals surface area contributed by atoms with Crippen molar-refractivity contribution >= 4 is 11.6 Å². The molecule has 5 heteroatoms. The van der Waals surface area contributed by atoms with Gasteiger partial charge in [0.05, 0.1) is 12.2 Å². The number of hydrogen-bond acceptors (Lipinski definition) is 4. The van der Waals surface area contributed by atoms with Crippen LogP contribution in [0, 0.1) is 0 Å². The van der Waals surface area contributed by atoms with Gasteiger partial charge in [0.15, 0.2) is 0 Å². The second-order valence-corrected chi connectivity index (χ2v) is 4.42. The van der Waals surface area contributed by atoms with Gasteiger partial charge in [-0.15, -0.1) is 0 Å². The first kappa shape index (κ1) is 15.4. The first-order chi connectivity index (χ1) is 9.15. The molecule has 5 nitrogen and oxygen atoms in total. The minimum atomic E-state index is -0.0728. The summed E-state index contributed by atoms with van der Waals surface area (Å²) in [5, 5.41) is 0. The van der Waals surface area contributed by atoms with Gasteiger partial charge in [-0.25, -0.2) is 0 Å². The lowest BCUT2D eigenvalue weighted by atomic mass is 10.1. The topological polar surface area (TPSA) is 68.5 Å². The highest BCUT2D eigenvalue weighted by Crippen LogP contribution is 2.17. The number of nitrogen functional groups attached to an aromatic ring is 1. The molecular weight excluding hydrogens is 242 g/mol. The van der Waals surface area contributed by atoms with Gasteiger partial charge in [0.2, 0.25) is 0 Å². The van der Waals surface area contributed by atoms with Crippen LogP contribution >= 0.6 is 0 Å². The summed E-state index contributed by atoms with van der Waals surface area (Å²) < 4.78 is 5.09. The SMILES string of the molecule is CCC(CC)N(CCOC)C(=O)c1cnccc1N. The van der Waals surface area contributed by atoms with E-state index in [2.05, 4.69) is 18.8 Å². The quantitative estimate of drug-likeness (QED) is 0.818. The number of anilines is 1. The molecule has 0 unspecified atom stereocenters. The molecule has 0 radical (unpaired) electrons. The fraction of sp³-hybridized carbons (Fsp3) is 0.571. The monoisotopic (exact) mass is 265 g/mol. The molecule has 0 atom stereocenters. The molecule has 1 aromatic rings. The Morgan fingerprint density at radius 2 is 2.16 bits per heavy atom. The molecule has 1 amide bonds. The van der Waals surface area contributed by atoms with Crippen molar-refractivity contribution < 1.29 is 9.53 Å². The minimum absolute atomic E-state index is 0.0728. The molecule has 0 aliphatic rings. The van der Waals surface area contributed by atoms with Gasteiger partial charge in [-0.3, -0.25) is 9.78 Å². The molecule has 0 saturated heterocycles. The first-order valence-corrected chi connectivity index (χ1v) is 6.65. The van der Waals surface area contributed by atoms with Gasteiger partial charge in [-0.1, -0.05) is 13.8 Å². The van der Waals surface area contributed by atoms with Crippen LogP contribution in [0.3, 0.4) is 0 Å². The van der Waals surface area contributed by atoms with Crippen molar-refractivity contribution in [2.75, 3.05) is 26.0 Å². The predicted octanol–water partition coefficient (Wildman–Crippen LogP) is 1.94. The largest absolute Gasteiger partial charge is 0.398 e. The normalized spacial score (nSPS) is 10.7. The number of amides is 1. The van der Waals surface area contributed by atoms with E-state index < -0.39 is 0 Å². The van der Waals surface area contributed by atoms with Crippen LogP contribution in [0.2, 0.25) is 0 Å². The summed E-state index contributed by atoms with van der Waals surface area (Å²) in [4.78, 5) is 18.4. The Morgan fingerprint density at radius 3 is 2.68 bits per heavy atom. The number of carbonyl (C=O) groups excluding carboxylic acids is 1. The molecule has 0 spiro atoms. The molecule has 1 heterocycles. The van der Waals surface area contributed by atoms with Gasteiger partial charge in [0, 0.05) is 37.8 Å². The molecule has 0 bridgehead atoms. The van der Waals surface area contributed by atoms with Crippen LogP contribution < -0.4 is 5.73 Å². The van der Waals surface area contributed by atoms with E-state index in [4.69, 9.17) is 10.5 Å². The third kappa shape index (κ3) is 3.92. The first-order valence-electron chi connectivity index (χ1n) is 6.65. The Balaban J connectivity index is 2.96. The van der Waals surface area contributed by atoms with Gasteiger partial charge in [0.1, 0.15) is 0 Å². The third-order valence-electron chi connectivity index (χ3n) is 3.27. The van der Waals surface area contributed by atoms with Crippen molar-refractivity contribution in [3.8, 4) is 0 Å². The highest BCUT2D eigenvalue weighted by atomic mass is 16.5. The average molecular weight is 265 g/mol. The number of nitrogens with zero attached hydrogens (tertiary/aromatic N) is 2. The standard InChI is InChI=1S/C14H23N3O2/c1-4-11(5-2)17(8-9-19-3)14(18)12-10-16-7-6-13(12)15/h6-7,10-11H,4-5,8-9H2,1-3H3,(H2,15,16). The number of nitrogens with two attached hydrogens (primary N) is 1. The third-order valence-corrected chi connectivity index (χ3v) is 3.27. The Labute approximate surface area is 114 Å². The minimum Gasteiger partial charge on any atom is -0.398 e. The average Bonchev–Trinajstić information content (AvgIpc) is 2.43. The maximum absolute atomic E-state index is 12.6. The second kappa shape index (κ2) is 7.74. The highest BCUT2D eigenvalue weighted by molar-refractivity contribution is 5.98. The number of hydrogen-bond donors (Lipinski definition) is 1. The number of pyridine rings is 1. The number of ether oxygens (including phenoxy) is 1. The van der Waals surface area contributed by atoms with Gasteiger partial charge in [-0.2, -0.15) is 0 Å². The van der Waals surface area contributed by atoms with Gasteiger partial charge in [-0.05, 0) is 18.9 Å². The molecule has 0 saturated carbocycles. The van der Waals surface area contributed by atoms with Crippen LogP contribution in [-0.4, -0.2) is 42.1 Å². The Kier molecular flexibility index (Phi) is 6.29. The zero-order valence-electron chi connectivity index (χ0n) is 11.9. The molecule has 0 aliphatic heterocycles. The van der Waals surface area contributed by atoms with E-state index in [-0.39, 0.29) is 11.9 Å². The summed E-state index contributed by atoms with van der Waals surface area (Å²) in [6.07, 6.45) is 4.93. The summed E-state index contributed by atoms with van der Waals surface area (Å²) in [5.41, 5.74) is 6.78. The van der Waals surface area contributed by atoms with Crippen LogP contribution in [-0.2, 0) is 4.74 Å². The van der Waals surface area contributed by atoms with Gasteiger partial charge < -0.3 is 15.4 Å². The number of carbonyl (C=O) groups is 1. The van der Waals surface area contributed by atoms with Crippen molar-refractivity contribution in [2.45, 2.75) is 32.7 Å². The lowest BCUT2D eigenvalue weighted by molar-refractivity contribution is 0.0590. The Hall–Kier alpha value is -1.62. The van der Waals surface area contributed by atoms with Crippen LogP contribution in [0.4, 0.5) is 5.69 Å². The number of rotatable bonds is 7. The maximum Gasteiger partial charge on any atom is 0.257 e. The van der Waals surface area contributed by atoms with Crippen molar-refractivity contribution in [3.05, 3.63) is 24.0 Å². The lowest BCUT2D eigenvalue weighted by Gasteiger charge is -2.30. The number of methoxy groups -OCH3 is 1. The van der Waals surface area contributed by atoms with Crippen LogP contribution in [0.25, 0.3) is 0 Å². The molecule has 1 rings (SSSR count). The van der Waals surface area contributed by atoms with Crippen molar-refractivity contribution in [2.24, 2.45) is 0 Å². The summed E-state index contributed by atoms with van der Waals surface area (Å²) in [5.74, 6) is -0.0728. The summed E-state index contributed by atoms with van der Waals surface area (Å²) in [6.45, 7) is 5.24. The molecule has 0 aliphatic carbocycles. The van der Waals surface area contributed by atoms with Crippen LogP contribution in [0.15, 0.2) is 18.5 Å². The summed E-state index contributed by atoms with van der Waals surface area (Å²) in [7, 11) is 1.63. The zero-order chi connectivity index (χ0) is 14.3. The fourth-order valence-corrected chi connectivity index (χ4v) is 2.11. The van der Waals surface area contributed by atoms with Crippen molar-refractivity contribution in [1.82, 2.24) is 9.88 Å². The summed E-state index contributed by atoms with van der Waals surface area (Å²) >= 11 is 0. The van der Waals surface area contributed by atoms with Crippen LogP contribution in [0.5, 0.6) is 0 Å². The molecular formula is C14H23N3O2. The fourth-order valence-electron chi connectivity index (χ4n) is 2.11. The smallest absolute Gasteiger partial charge is 0.257 e. The van der Waals surface area contributed by atoms with Crippen LogP contribution in [0.1, 0.15) is 37.0 Å². The van der Waals surface area contributed by atoms with E-state index in [1.54, 1.807) is 19.4 Å². The van der Waals surface area contributed by atoms with Gasteiger partial charge >= 0.3 is 0 Å². The van der Waals surface area contributed by atoms with Crippen molar-refractivity contribution in [1.29, 1.82) is 0 Å². The van der Waals surface area contributed by atoms with Gasteiger partial charge in [0.25, 0.3) is 5.91 Å². The van der Waals surface area contributed by atoms with E-state index in [0.717, 1.165) is 12.8 Å². The maximum atomic E-state index is 12.6. The molecule has 106 valence electrons. The highest BCUT2D eigenvalue weighted by Gasteiger charge is 2.23. The van der Waals surface area contributed by atoms with E-state index in [1.807, 2.05) is 4.90 Å². The van der Waals surface area contributed by atoms with E-state index in [9.17, 15) is 4.79 Å². The lowest BCUT2D eigenvalue weighted by Crippen LogP contribution is -2.42. The Bertz CT molecular complexity index is 405. The second-order valence-electron chi connectivity index (χ2n) is 4.42. The molecule has 1 aromatic heterocycles. The molecule has 0 fully saturated rings.